The van der Waals surface area contributed by atoms with Crippen molar-refractivity contribution in [2.75, 3.05) is 18.0 Å². The van der Waals surface area contributed by atoms with Crippen molar-refractivity contribution < 1.29 is 0 Å². The molecule has 1 aromatic rings. The van der Waals surface area contributed by atoms with Crippen molar-refractivity contribution in [3.05, 3.63) is 17.4 Å². The first-order chi connectivity index (χ1) is 7.31. The molecule has 1 aliphatic rings. The van der Waals surface area contributed by atoms with Crippen molar-refractivity contribution in [1.82, 2.24) is 9.97 Å². The van der Waals surface area contributed by atoms with Gasteiger partial charge in [-0.1, -0.05) is 11.6 Å². The highest BCUT2D eigenvalue weighted by Crippen LogP contribution is 2.27. The molecule has 0 aliphatic heterocycles. The molecule has 2 N–H and O–H groups in total. The monoisotopic (exact) mass is 226 g/mol. The van der Waals surface area contributed by atoms with E-state index in [9.17, 15) is 0 Å². The first-order valence-electron chi connectivity index (χ1n) is 5.25. The van der Waals surface area contributed by atoms with Crippen LogP contribution in [0.3, 0.4) is 0 Å². The van der Waals surface area contributed by atoms with Crippen molar-refractivity contribution in [2.24, 2.45) is 5.73 Å². The summed E-state index contributed by atoms with van der Waals surface area (Å²) >= 11 is 5.75. The van der Waals surface area contributed by atoms with Crippen molar-refractivity contribution in [3.8, 4) is 0 Å². The van der Waals surface area contributed by atoms with Crippen molar-refractivity contribution in [2.45, 2.75) is 25.3 Å². The summed E-state index contributed by atoms with van der Waals surface area (Å²) < 4.78 is 0. The van der Waals surface area contributed by atoms with Crippen molar-refractivity contribution >= 4 is 17.5 Å². The topological polar surface area (TPSA) is 55.0 Å². The maximum absolute atomic E-state index is 5.75. The highest BCUT2D eigenvalue weighted by atomic mass is 35.5. The van der Waals surface area contributed by atoms with Gasteiger partial charge in [-0.2, -0.15) is 0 Å². The number of hydrogen-bond donors (Lipinski definition) is 1. The van der Waals surface area contributed by atoms with Crippen LogP contribution in [0.25, 0.3) is 0 Å². The maximum atomic E-state index is 5.75. The molecule has 1 fully saturated rings. The van der Waals surface area contributed by atoms with E-state index < -0.39 is 0 Å². The molecule has 0 saturated heterocycles. The number of anilines is 1. The van der Waals surface area contributed by atoms with Crippen LogP contribution in [0, 0.1) is 0 Å². The Balaban J connectivity index is 2.12. The van der Waals surface area contributed by atoms with Crippen LogP contribution in [0.2, 0.25) is 5.02 Å². The Kier molecular flexibility index (Phi) is 3.38. The van der Waals surface area contributed by atoms with Gasteiger partial charge < -0.3 is 10.6 Å². The minimum atomic E-state index is 0.565. The van der Waals surface area contributed by atoms with Crippen LogP contribution >= 0.6 is 11.6 Å². The molecule has 0 unspecified atom stereocenters. The lowest BCUT2D eigenvalue weighted by Gasteiger charge is -2.37. The molecule has 4 nitrogen and oxygen atoms in total. The van der Waals surface area contributed by atoms with Gasteiger partial charge >= 0.3 is 0 Å². The molecule has 0 spiro atoms. The van der Waals surface area contributed by atoms with Gasteiger partial charge in [-0.15, -0.1) is 0 Å². The Morgan fingerprint density at radius 3 is 2.53 bits per heavy atom. The second-order valence-corrected chi connectivity index (χ2v) is 4.20. The second kappa shape index (κ2) is 4.77. The largest absolute Gasteiger partial charge is 0.337 e. The summed E-state index contributed by atoms with van der Waals surface area (Å²) in [4.78, 5) is 10.6. The molecule has 0 bridgehead atoms. The zero-order valence-corrected chi connectivity index (χ0v) is 9.32. The highest BCUT2D eigenvalue weighted by Gasteiger charge is 2.26. The van der Waals surface area contributed by atoms with E-state index in [-0.39, 0.29) is 0 Å². The van der Waals surface area contributed by atoms with E-state index in [1.165, 1.54) is 19.3 Å². The third-order valence-corrected chi connectivity index (χ3v) is 2.94. The lowest BCUT2D eigenvalue weighted by Crippen LogP contribution is -2.43. The summed E-state index contributed by atoms with van der Waals surface area (Å²) in [5, 5.41) is 0.569. The summed E-state index contributed by atoms with van der Waals surface area (Å²) in [6.07, 6.45) is 6.98. The fourth-order valence-electron chi connectivity index (χ4n) is 1.74. The minimum absolute atomic E-state index is 0.565. The second-order valence-electron chi connectivity index (χ2n) is 3.77. The van der Waals surface area contributed by atoms with E-state index in [1.807, 2.05) is 0 Å². The molecule has 0 radical (unpaired) electrons. The molecule has 82 valence electrons. The van der Waals surface area contributed by atoms with Crippen LogP contribution in [0.1, 0.15) is 19.3 Å². The molecule has 1 aliphatic carbocycles. The third kappa shape index (κ3) is 2.38. The standard InChI is InChI=1S/C10H15ClN4/c11-8-6-13-10(14-7-8)15(5-4-12)9-2-1-3-9/h6-7,9H,1-5,12H2. The molecular weight excluding hydrogens is 212 g/mol. The number of hydrogen-bond acceptors (Lipinski definition) is 4. The number of halogens is 1. The summed E-state index contributed by atoms with van der Waals surface area (Å²) in [6, 6.07) is 0.565. The first kappa shape index (κ1) is 10.6. The van der Waals surface area contributed by atoms with E-state index in [0.29, 0.717) is 17.6 Å². The molecule has 2 rings (SSSR count). The minimum Gasteiger partial charge on any atom is -0.337 e. The quantitative estimate of drug-likeness (QED) is 0.845. The maximum Gasteiger partial charge on any atom is 0.225 e. The van der Waals surface area contributed by atoms with Crippen LogP contribution in [-0.4, -0.2) is 29.1 Å². The van der Waals surface area contributed by atoms with Crippen LogP contribution < -0.4 is 10.6 Å². The molecule has 1 aromatic heterocycles. The molecule has 1 saturated carbocycles. The lowest BCUT2D eigenvalue weighted by molar-refractivity contribution is 0.383. The van der Waals surface area contributed by atoms with Gasteiger partial charge in [-0.05, 0) is 19.3 Å². The molecule has 0 atom stereocenters. The number of rotatable bonds is 4. The summed E-state index contributed by atoms with van der Waals surface area (Å²) in [5.74, 6) is 0.745. The molecule has 5 heteroatoms. The van der Waals surface area contributed by atoms with Gasteiger partial charge in [0.25, 0.3) is 0 Å². The molecule has 0 aromatic carbocycles. The van der Waals surface area contributed by atoms with E-state index in [1.54, 1.807) is 12.4 Å². The van der Waals surface area contributed by atoms with E-state index in [4.69, 9.17) is 17.3 Å². The smallest absolute Gasteiger partial charge is 0.225 e. The lowest BCUT2D eigenvalue weighted by atomic mass is 9.92. The highest BCUT2D eigenvalue weighted by molar-refractivity contribution is 6.30. The fraction of sp³-hybridized carbons (Fsp3) is 0.600. The van der Waals surface area contributed by atoms with Crippen LogP contribution in [0.15, 0.2) is 12.4 Å². The van der Waals surface area contributed by atoms with Gasteiger partial charge in [0.2, 0.25) is 5.95 Å². The Morgan fingerprint density at radius 1 is 1.40 bits per heavy atom. The number of nitrogens with two attached hydrogens (primary N) is 1. The number of nitrogens with zero attached hydrogens (tertiary/aromatic N) is 3. The summed E-state index contributed by atoms with van der Waals surface area (Å²) in [7, 11) is 0. The van der Waals surface area contributed by atoms with Gasteiger partial charge in [-0.25, -0.2) is 9.97 Å². The average Bonchev–Trinajstić information content (AvgIpc) is 2.16. The van der Waals surface area contributed by atoms with Gasteiger partial charge in [0.05, 0.1) is 17.4 Å². The van der Waals surface area contributed by atoms with Crippen molar-refractivity contribution in [3.63, 3.8) is 0 Å². The first-order valence-corrected chi connectivity index (χ1v) is 5.63. The Bertz CT molecular complexity index is 310. The van der Waals surface area contributed by atoms with Crippen LogP contribution in [0.4, 0.5) is 5.95 Å². The zero-order chi connectivity index (χ0) is 10.7. The Labute approximate surface area is 94.5 Å². The summed E-state index contributed by atoms with van der Waals surface area (Å²) in [5.41, 5.74) is 5.59. The predicted octanol–water partition coefficient (Wildman–Crippen LogP) is 1.45. The zero-order valence-electron chi connectivity index (χ0n) is 8.56. The SMILES string of the molecule is NCCN(c1ncc(Cl)cn1)C1CCC1. The summed E-state index contributed by atoms with van der Waals surface area (Å²) in [6.45, 7) is 1.44. The average molecular weight is 227 g/mol. The third-order valence-electron chi connectivity index (χ3n) is 2.75. The molecule has 1 heterocycles. The molecular formula is C10H15ClN4. The van der Waals surface area contributed by atoms with Gasteiger partial charge in [0, 0.05) is 19.1 Å². The van der Waals surface area contributed by atoms with Crippen LogP contribution in [0.5, 0.6) is 0 Å². The normalized spacial score (nSPS) is 16.1. The predicted molar refractivity (Wildman–Crippen MR) is 61.1 cm³/mol. The molecule has 15 heavy (non-hydrogen) atoms. The number of aromatic nitrogens is 2. The van der Waals surface area contributed by atoms with Crippen LogP contribution in [-0.2, 0) is 0 Å². The van der Waals surface area contributed by atoms with Crippen molar-refractivity contribution in [1.29, 1.82) is 0 Å². The van der Waals surface area contributed by atoms with Gasteiger partial charge in [-0.3, -0.25) is 0 Å². The molecule has 0 amide bonds. The van der Waals surface area contributed by atoms with Gasteiger partial charge in [0.1, 0.15) is 0 Å². The van der Waals surface area contributed by atoms with E-state index in [0.717, 1.165) is 12.5 Å². The Hall–Kier alpha value is -0.870. The van der Waals surface area contributed by atoms with Gasteiger partial charge in [0.15, 0.2) is 0 Å². The fourth-order valence-corrected chi connectivity index (χ4v) is 1.83. The Morgan fingerprint density at radius 2 is 2.07 bits per heavy atom. The van der Waals surface area contributed by atoms with E-state index in [2.05, 4.69) is 14.9 Å². The van der Waals surface area contributed by atoms with E-state index >= 15 is 0 Å².